The lowest BCUT2D eigenvalue weighted by Crippen LogP contribution is -2.52. The highest BCUT2D eigenvalue weighted by Gasteiger charge is 2.32. The van der Waals surface area contributed by atoms with Crippen LogP contribution in [0.1, 0.15) is 10.5 Å². The number of hydrogen-bond donors (Lipinski definition) is 0. The van der Waals surface area contributed by atoms with Crippen molar-refractivity contribution in [2.75, 3.05) is 19.7 Å². The topological polar surface area (TPSA) is 73.1 Å². The van der Waals surface area contributed by atoms with Crippen LogP contribution in [0.2, 0.25) is 0 Å². The van der Waals surface area contributed by atoms with Gasteiger partial charge in [0, 0.05) is 32.3 Å². The molecule has 0 spiro atoms. The van der Waals surface area contributed by atoms with Gasteiger partial charge in [0.2, 0.25) is 0 Å². The highest BCUT2D eigenvalue weighted by atomic mass is 16.5. The van der Waals surface area contributed by atoms with Crippen molar-refractivity contribution in [3.05, 3.63) is 36.4 Å². The molecule has 0 bridgehead atoms. The molecule has 104 valence electrons. The van der Waals surface area contributed by atoms with E-state index in [2.05, 4.69) is 15.3 Å². The number of rotatable bonds is 4. The lowest BCUT2D eigenvalue weighted by molar-refractivity contribution is 0.0387. The van der Waals surface area contributed by atoms with Gasteiger partial charge in [-0.05, 0) is 12.1 Å². The number of carbonyl (C=O) groups is 1. The Balaban J connectivity index is 1.46. The van der Waals surface area contributed by atoms with Gasteiger partial charge >= 0.3 is 0 Å². The third kappa shape index (κ3) is 2.61. The molecule has 0 N–H and O–H groups in total. The molecule has 2 aromatic heterocycles. The Labute approximate surface area is 116 Å². The molecule has 1 amide bonds. The summed E-state index contributed by atoms with van der Waals surface area (Å²) in [7, 11) is 1.74. The zero-order chi connectivity index (χ0) is 13.9. The fraction of sp³-hybridized carbons (Fsp3) is 0.385. The van der Waals surface area contributed by atoms with E-state index in [0.29, 0.717) is 31.3 Å². The van der Waals surface area contributed by atoms with Crippen molar-refractivity contribution in [3.8, 4) is 5.75 Å². The van der Waals surface area contributed by atoms with Gasteiger partial charge in [-0.25, -0.2) is 0 Å². The summed E-state index contributed by atoms with van der Waals surface area (Å²) in [5, 5.41) is 7.58. The first-order chi connectivity index (χ1) is 9.72. The fourth-order valence-corrected chi connectivity index (χ4v) is 2.09. The molecule has 7 heteroatoms. The summed E-state index contributed by atoms with van der Waals surface area (Å²) in [4.78, 5) is 17.8. The molecule has 0 aliphatic carbocycles. The largest absolute Gasteiger partial charge is 0.492 e. The molecule has 3 heterocycles. The number of nitrogens with zero attached hydrogens (tertiary/aromatic N) is 5. The van der Waals surface area contributed by atoms with Crippen molar-refractivity contribution in [2.24, 2.45) is 13.0 Å². The second kappa shape index (κ2) is 5.28. The van der Waals surface area contributed by atoms with E-state index in [1.165, 1.54) is 4.68 Å². The number of likely N-dealkylation sites (tertiary alicyclic amines) is 1. The first kappa shape index (κ1) is 12.6. The second-order valence-electron chi connectivity index (χ2n) is 4.85. The van der Waals surface area contributed by atoms with Crippen LogP contribution >= 0.6 is 0 Å². The number of carbonyl (C=O) groups excluding carboxylic acids is 1. The molecule has 0 saturated carbocycles. The van der Waals surface area contributed by atoms with E-state index in [1.54, 1.807) is 30.5 Å². The Morgan fingerprint density at radius 1 is 1.50 bits per heavy atom. The zero-order valence-corrected chi connectivity index (χ0v) is 11.1. The third-order valence-electron chi connectivity index (χ3n) is 3.19. The van der Waals surface area contributed by atoms with Crippen LogP contribution in [0, 0.1) is 5.92 Å². The van der Waals surface area contributed by atoms with Gasteiger partial charge < -0.3 is 9.64 Å². The molecule has 7 nitrogen and oxygen atoms in total. The van der Waals surface area contributed by atoms with Gasteiger partial charge in [-0.1, -0.05) is 5.21 Å². The molecule has 20 heavy (non-hydrogen) atoms. The molecule has 1 saturated heterocycles. The van der Waals surface area contributed by atoms with E-state index >= 15 is 0 Å². The first-order valence-corrected chi connectivity index (χ1v) is 6.41. The van der Waals surface area contributed by atoms with Gasteiger partial charge in [0.1, 0.15) is 5.75 Å². The molecule has 0 unspecified atom stereocenters. The van der Waals surface area contributed by atoms with Crippen LogP contribution in [0.3, 0.4) is 0 Å². The molecule has 2 aromatic rings. The summed E-state index contributed by atoms with van der Waals surface area (Å²) in [6.07, 6.45) is 5.01. The molecular weight excluding hydrogens is 258 g/mol. The molecule has 0 atom stereocenters. The van der Waals surface area contributed by atoms with Crippen molar-refractivity contribution in [2.45, 2.75) is 0 Å². The fourth-order valence-electron chi connectivity index (χ4n) is 2.09. The van der Waals surface area contributed by atoms with Gasteiger partial charge in [0.25, 0.3) is 5.91 Å². The first-order valence-electron chi connectivity index (χ1n) is 6.41. The molecule has 1 aliphatic heterocycles. The minimum atomic E-state index is -0.0734. The summed E-state index contributed by atoms with van der Waals surface area (Å²) in [5.74, 6) is 1.04. The van der Waals surface area contributed by atoms with Crippen LogP contribution in [0.15, 0.2) is 30.7 Å². The van der Waals surface area contributed by atoms with Crippen molar-refractivity contribution >= 4 is 5.91 Å². The van der Waals surface area contributed by atoms with Gasteiger partial charge in [0.15, 0.2) is 5.69 Å². The van der Waals surface area contributed by atoms with Crippen molar-refractivity contribution < 1.29 is 9.53 Å². The van der Waals surface area contributed by atoms with E-state index < -0.39 is 0 Å². The van der Waals surface area contributed by atoms with Crippen molar-refractivity contribution in [1.82, 2.24) is 24.9 Å². The van der Waals surface area contributed by atoms with Crippen LogP contribution in [0.25, 0.3) is 0 Å². The number of aryl methyl sites for hydroxylation is 1. The Bertz CT molecular complexity index is 592. The molecule has 0 radical (unpaired) electrons. The summed E-state index contributed by atoms with van der Waals surface area (Å²) < 4.78 is 7.14. The van der Waals surface area contributed by atoms with Crippen LogP contribution in [-0.4, -0.2) is 50.5 Å². The normalized spacial score (nSPS) is 14.9. The summed E-state index contributed by atoms with van der Waals surface area (Å²) in [6.45, 7) is 1.97. The Hall–Kier alpha value is -2.44. The van der Waals surface area contributed by atoms with Gasteiger partial charge in [-0.3, -0.25) is 14.5 Å². The minimum Gasteiger partial charge on any atom is -0.492 e. The lowest BCUT2D eigenvalue weighted by Gasteiger charge is -2.38. The molecule has 0 aromatic carbocycles. The standard InChI is InChI=1S/C13H15N5O2/c1-17-8-12(15-16-17)13(19)18-6-10(7-18)9-20-11-3-2-4-14-5-11/h2-5,8,10H,6-7,9H2,1H3. The van der Waals surface area contributed by atoms with E-state index in [9.17, 15) is 4.79 Å². The Morgan fingerprint density at radius 2 is 2.35 bits per heavy atom. The predicted molar refractivity (Wildman–Crippen MR) is 70.1 cm³/mol. The molecule has 3 rings (SSSR count). The number of hydrogen-bond acceptors (Lipinski definition) is 5. The maximum absolute atomic E-state index is 12.0. The highest BCUT2D eigenvalue weighted by molar-refractivity contribution is 5.92. The number of pyridine rings is 1. The van der Waals surface area contributed by atoms with Crippen LogP contribution in [0.5, 0.6) is 5.75 Å². The predicted octanol–water partition coefficient (Wildman–Crippen LogP) is 0.361. The second-order valence-corrected chi connectivity index (χ2v) is 4.85. The van der Waals surface area contributed by atoms with E-state index in [1.807, 2.05) is 12.1 Å². The van der Waals surface area contributed by atoms with E-state index in [4.69, 9.17) is 4.74 Å². The summed E-state index contributed by atoms with van der Waals surface area (Å²) >= 11 is 0. The monoisotopic (exact) mass is 273 g/mol. The third-order valence-corrected chi connectivity index (χ3v) is 3.19. The van der Waals surface area contributed by atoms with Crippen molar-refractivity contribution in [1.29, 1.82) is 0 Å². The average Bonchev–Trinajstić information content (AvgIpc) is 2.84. The highest BCUT2D eigenvalue weighted by Crippen LogP contribution is 2.19. The van der Waals surface area contributed by atoms with Gasteiger partial charge in [-0.15, -0.1) is 5.10 Å². The molecular formula is C13H15N5O2. The summed E-state index contributed by atoms with van der Waals surface area (Å²) in [6, 6.07) is 3.70. The average molecular weight is 273 g/mol. The Morgan fingerprint density at radius 3 is 3.00 bits per heavy atom. The van der Waals surface area contributed by atoms with Crippen LogP contribution in [0.4, 0.5) is 0 Å². The maximum atomic E-state index is 12.0. The maximum Gasteiger partial charge on any atom is 0.276 e. The minimum absolute atomic E-state index is 0.0734. The summed E-state index contributed by atoms with van der Waals surface area (Å²) in [5.41, 5.74) is 0.388. The van der Waals surface area contributed by atoms with Gasteiger partial charge in [0.05, 0.1) is 19.0 Å². The van der Waals surface area contributed by atoms with E-state index in [-0.39, 0.29) is 5.91 Å². The van der Waals surface area contributed by atoms with Crippen LogP contribution in [-0.2, 0) is 7.05 Å². The number of aromatic nitrogens is 4. The van der Waals surface area contributed by atoms with Crippen molar-refractivity contribution in [3.63, 3.8) is 0 Å². The van der Waals surface area contributed by atoms with Crippen LogP contribution < -0.4 is 4.74 Å². The molecule has 1 fully saturated rings. The Kier molecular flexibility index (Phi) is 3.32. The number of amides is 1. The molecule has 1 aliphatic rings. The number of ether oxygens (including phenoxy) is 1. The quantitative estimate of drug-likeness (QED) is 0.804. The smallest absolute Gasteiger partial charge is 0.276 e. The van der Waals surface area contributed by atoms with Gasteiger partial charge in [-0.2, -0.15) is 0 Å². The SMILES string of the molecule is Cn1cc(C(=O)N2CC(COc3cccnc3)C2)nn1. The lowest BCUT2D eigenvalue weighted by atomic mass is 10.0. The zero-order valence-electron chi connectivity index (χ0n) is 11.1. The van der Waals surface area contributed by atoms with E-state index in [0.717, 1.165) is 5.75 Å².